The van der Waals surface area contributed by atoms with E-state index in [1.54, 1.807) is 12.1 Å². The molecular weight excluding hydrogens is 243 g/mol. The van der Waals surface area contributed by atoms with Crippen LogP contribution in [-0.4, -0.2) is 32.8 Å². The van der Waals surface area contributed by atoms with E-state index < -0.39 is 0 Å². The monoisotopic (exact) mass is 266 g/mol. The molecule has 0 atom stereocenters. The molecule has 1 aliphatic rings. The second-order valence-corrected chi connectivity index (χ2v) is 4.88. The lowest BCUT2D eigenvalue weighted by atomic mass is 10.1. The van der Waals surface area contributed by atoms with Crippen molar-refractivity contribution >= 4 is 5.69 Å². The molecule has 0 spiro atoms. The summed E-state index contributed by atoms with van der Waals surface area (Å²) >= 11 is 0. The van der Waals surface area contributed by atoms with Crippen LogP contribution in [0.3, 0.4) is 0 Å². The normalized spacial score (nSPS) is 16.4. The van der Waals surface area contributed by atoms with E-state index in [1.165, 1.54) is 0 Å². The van der Waals surface area contributed by atoms with Crippen molar-refractivity contribution in [2.24, 2.45) is 0 Å². The van der Waals surface area contributed by atoms with Crippen LogP contribution in [0.1, 0.15) is 25.3 Å². The molecular formula is C15H23FN2O. The van der Waals surface area contributed by atoms with Gasteiger partial charge in [-0.25, -0.2) is 4.39 Å². The molecule has 106 valence electrons. The Morgan fingerprint density at radius 2 is 2.21 bits per heavy atom. The Bertz CT molecular complexity index is 390. The van der Waals surface area contributed by atoms with Crippen molar-refractivity contribution in [1.82, 2.24) is 5.32 Å². The molecule has 4 heteroatoms. The van der Waals surface area contributed by atoms with E-state index in [4.69, 9.17) is 4.74 Å². The van der Waals surface area contributed by atoms with E-state index in [9.17, 15) is 4.39 Å². The SMILES string of the molecule is CCCNCc1cccc(F)c1N1CCCOCC1. The van der Waals surface area contributed by atoms with Crippen molar-refractivity contribution in [3.05, 3.63) is 29.6 Å². The molecule has 0 radical (unpaired) electrons. The Labute approximate surface area is 114 Å². The molecule has 0 aromatic heterocycles. The average molecular weight is 266 g/mol. The van der Waals surface area contributed by atoms with Crippen molar-refractivity contribution in [2.45, 2.75) is 26.3 Å². The van der Waals surface area contributed by atoms with Crippen molar-refractivity contribution < 1.29 is 9.13 Å². The highest BCUT2D eigenvalue weighted by Gasteiger charge is 2.17. The van der Waals surface area contributed by atoms with Crippen molar-refractivity contribution in [3.63, 3.8) is 0 Å². The number of hydrogen-bond donors (Lipinski definition) is 1. The van der Waals surface area contributed by atoms with E-state index in [-0.39, 0.29) is 5.82 Å². The highest BCUT2D eigenvalue weighted by atomic mass is 19.1. The van der Waals surface area contributed by atoms with Crippen molar-refractivity contribution in [2.75, 3.05) is 37.7 Å². The second-order valence-electron chi connectivity index (χ2n) is 4.88. The summed E-state index contributed by atoms with van der Waals surface area (Å²) in [7, 11) is 0. The summed E-state index contributed by atoms with van der Waals surface area (Å²) in [6.07, 6.45) is 2.04. The first-order chi connectivity index (χ1) is 9.33. The summed E-state index contributed by atoms with van der Waals surface area (Å²) in [6.45, 7) is 6.89. The smallest absolute Gasteiger partial charge is 0.146 e. The standard InChI is InChI=1S/C15H23FN2O/c1-2-7-17-12-13-5-3-6-14(16)15(13)18-8-4-10-19-11-9-18/h3,5-6,17H,2,4,7-12H2,1H3. The van der Waals surface area contributed by atoms with Crippen LogP contribution in [0, 0.1) is 5.82 Å². The minimum atomic E-state index is -0.127. The molecule has 1 aromatic carbocycles. The molecule has 1 aromatic rings. The minimum absolute atomic E-state index is 0.127. The van der Waals surface area contributed by atoms with Gasteiger partial charge in [0, 0.05) is 26.2 Å². The van der Waals surface area contributed by atoms with Crippen LogP contribution >= 0.6 is 0 Å². The lowest BCUT2D eigenvalue weighted by Crippen LogP contribution is -2.29. The van der Waals surface area contributed by atoms with Gasteiger partial charge in [-0.2, -0.15) is 0 Å². The van der Waals surface area contributed by atoms with Gasteiger partial charge in [0.2, 0.25) is 0 Å². The Balaban J connectivity index is 2.15. The third-order valence-electron chi connectivity index (χ3n) is 3.35. The topological polar surface area (TPSA) is 24.5 Å². The molecule has 0 aliphatic carbocycles. The van der Waals surface area contributed by atoms with Gasteiger partial charge in [0.15, 0.2) is 0 Å². The third kappa shape index (κ3) is 3.91. The van der Waals surface area contributed by atoms with E-state index in [2.05, 4.69) is 17.1 Å². The van der Waals surface area contributed by atoms with Crippen LogP contribution in [0.25, 0.3) is 0 Å². The van der Waals surface area contributed by atoms with Crippen LogP contribution in [-0.2, 0) is 11.3 Å². The first-order valence-corrected chi connectivity index (χ1v) is 7.13. The van der Waals surface area contributed by atoms with Crippen molar-refractivity contribution in [3.8, 4) is 0 Å². The maximum Gasteiger partial charge on any atom is 0.146 e. The predicted molar refractivity (Wildman–Crippen MR) is 76.0 cm³/mol. The maximum absolute atomic E-state index is 14.2. The fourth-order valence-electron chi connectivity index (χ4n) is 2.43. The fraction of sp³-hybridized carbons (Fsp3) is 0.600. The molecule has 0 unspecified atom stereocenters. The van der Waals surface area contributed by atoms with Gasteiger partial charge in [0.05, 0.1) is 12.3 Å². The van der Waals surface area contributed by atoms with E-state index >= 15 is 0 Å². The van der Waals surface area contributed by atoms with Gasteiger partial charge in [0.25, 0.3) is 0 Å². The number of halogens is 1. The molecule has 2 rings (SSSR count). The zero-order valence-corrected chi connectivity index (χ0v) is 11.6. The molecule has 1 N–H and O–H groups in total. The van der Waals surface area contributed by atoms with Crippen molar-refractivity contribution in [1.29, 1.82) is 0 Å². The summed E-state index contributed by atoms with van der Waals surface area (Å²) in [6, 6.07) is 5.34. The first-order valence-electron chi connectivity index (χ1n) is 7.13. The van der Waals surface area contributed by atoms with Crippen LogP contribution in [0.15, 0.2) is 18.2 Å². The number of nitrogens with one attached hydrogen (secondary N) is 1. The van der Waals surface area contributed by atoms with Gasteiger partial charge >= 0.3 is 0 Å². The lowest BCUT2D eigenvalue weighted by molar-refractivity contribution is 0.152. The quantitative estimate of drug-likeness (QED) is 0.829. The molecule has 1 heterocycles. The van der Waals surface area contributed by atoms with Gasteiger partial charge in [-0.1, -0.05) is 19.1 Å². The molecule has 1 saturated heterocycles. The highest BCUT2D eigenvalue weighted by molar-refractivity contribution is 5.55. The predicted octanol–water partition coefficient (Wildman–Crippen LogP) is 2.55. The Morgan fingerprint density at radius 1 is 1.32 bits per heavy atom. The number of nitrogens with zero attached hydrogens (tertiary/aromatic N) is 1. The summed E-state index contributed by atoms with van der Waals surface area (Å²) in [4.78, 5) is 2.12. The molecule has 1 fully saturated rings. The van der Waals surface area contributed by atoms with Crippen LogP contribution in [0.4, 0.5) is 10.1 Å². The highest BCUT2D eigenvalue weighted by Crippen LogP contribution is 2.25. The summed E-state index contributed by atoms with van der Waals surface area (Å²) in [5.74, 6) is -0.127. The van der Waals surface area contributed by atoms with Crippen LogP contribution in [0.5, 0.6) is 0 Å². The molecule has 19 heavy (non-hydrogen) atoms. The zero-order valence-electron chi connectivity index (χ0n) is 11.6. The fourth-order valence-corrected chi connectivity index (χ4v) is 2.43. The average Bonchev–Trinajstić information content (AvgIpc) is 2.68. The Hall–Kier alpha value is -1.13. The molecule has 3 nitrogen and oxygen atoms in total. The third-order valence-corrected chi connectivity index (χ3v) is 3.35. The van der Waals surface area contributed by atoms with E-state index in [1.807, 2.05) is 6.07 Å². The van der Waals surface area contributed by atoms with Crippen LogP contribution in [0.2, 0.25) is 0 Å². The minimum Gasteiger partial charge on any atom is -0.380 e. The Kier molecular flexibility index (Phi) is 5.61. The van der Waals surface area contributed by atoms with Gasteiger partial charge < -0.3 is 15.0 Å². The maximum atomic E-state index is 14.2. The summed E-state index contributed by atoms with van der Waals surface area (Å²) < 4.78 is 19.6. The number of anilines is 1. The molecule has 1 aliphatic heterocycles. The Morgan fingerprint density at radius 3 is 3.05 bits per heavy atom. The number of benzene rings is 1. The lowest BCUT2D eigenvalue weighted by Gasteiger charge is -2.25. The summed E-state index contributed by atoms with van der Waals surface area (Å²) in [5, 5.41) is 3.35. The van der Waals surface area contributed by atoms with E-state index in [0.29, 0.717) is 6.61 Å². The molecule has 0 amide bonds. The number of hydrogen-bond acceptors (Lipinski definition) is 3. The molecule has 0 bridgehead atoms. The number of ether oxygens (including phenoxy) is 1. The largest absolute Gasteiger partial charge is 0.380 e. The van der Waals surface area contributed by atoms with Gasteiger partial charge in [-0.05, 0) is 31.0 Å². The first kappa shape index (κ1) is 14.3. The van der Waals surface area contributed by atoms with Gasteiger partial charge in [-0.15, -0.1) is 0 Å². The van der Waals surface area contributed by atoms with Gasteiger partial charge in [0.1, 0.15) is 5.82 Å². The summed E-state index contributed by atoms with van der Waals surface area (Å²) in [5.41, 5.74) is 1.78. The van der Waals surface area contributed by atoms with E-state index in [0.717, 1.165) is 56.9 Å². The van der Waals surface area contributed by atoms with Crippen LogP contribution < -0.4 is 10.2 Å². The number of rotatable bonds is 5. The molecule has 0 saturated carbocycles. The number of para-hydroxylation sites is 1. The second kappa shape index (κ2) is 7.46. The van der Waals surface area contributed by atoms with Gasteiger partial charge in [-0.3, -0.25) is 0 Å². The zero-order chi connectivity index (χ0) is 13.5.